The van der Waals surface area contributed by atoms with E-state index in [0.29, 0.717) is 16.5 Å². The fourth-order valence-corrected chi connectivity index (χ4v) is 1.86. The molecule has 0 atom stereocenters. The fraction of sp³-hybridized carbons (Fsp3) is 0.286. The Hall–Kier alpha value is -1.97. The molecule has 0 aliphatic carbocycles. The average molecular weight is 246 g/mol. The van der Waals surface area contributed by atoms with Crippen molar-refractivity contribution in [3.05, 3.63) is 41.3 Å². The van der Waals surface area contributed by atoms with Crippen LogP contribution in [0.15, 0.2) is 24.3 Å². The van der Waals surface area contributed by atoms with Crippen LogP contribution >= 0.6 is 0 Å². The van der Waals surface area contributed by atoms with Gasteiger partial charge in [-0.25, -0.2) is 4.39 Å². The molecule has 0 unspecified atom stereocenters. The van der Waals surface area contributed by atoms with Crippen LogP contribution in [0.3, 0.4) is 0 Å². The number of benzene rings is 1. The summed E-state index contributed by atoms with van der Waals surface area (Å²) in [5.41, 5.74) is 1.83. The molecule has 0 radical (unpaired) electrons. The summed E-state index contributed by atoms with van der Waals surface area (Å²) in [6.07, 6.45) is 0. The fourth-order valence-electron chi connectivity index (χ4n) is 1.86. The maximum Gasteiger partial charge on any atom is 0.252 e. The monoisotopic (exact) mass is 246 g/mol. The molecule has 4 heteroatoms. The molecule has 0 aliphatic heterocycles. The second-order valence-electron chi connectivity index (χ2n) is 4.60. The molecule has 0 spiro atoms. The second kappa shape index (κ2) is 4.72. The van der Waals surface area contributed by atoms with Crippen molar-refractivity contribution in [1.29, 1.82) is 0 Å². The molecular weight excluding hydrogens is 231 g/mol. The zero-order chi connectivity index (χ0) is 13.3. The van der Waals surface area contributed by atoms with Gasteiger partial charge >= 0.3 is 0 Å². The van der Waals surface area contributed by atoms with E-state index < -0.39 is 0 Å². The zero-order valence-corrected chi connectivity index (χ0v) is 10.6. The summed E-state index contributed by atoms with van der Waals surface area (Å²) in [4.78, 5) is 16.4. The number of carbonyl (C=O) groups is 1. The number of halogens is 1. The van der Waals surface area contributed by atoms with Crippen LogP contribution in [0.4, 0.5) is 4.39 Å². The van der Waals surface area contributed by atoms with Crippen LogP contribution in [0.25, 0.3) is 10.9 Å². The van der Waals surface area contributed by atoms with E-state index in [4.69, 9.17) is 0 Å². The number of pyridine rings is 1. The van der Waals surface area contributed by atoms with Crippen molar-refractivity contribution >= 4 is 16.8 Å². The highest BCUT2D eigenvalue weighted by atomic mass is 19.1. The normalized spacial score (nSPS) is 10.9. The smallest absolute Gasteiger partial charge is 0.252 e. The van der Waals surface area contributed by atoms with Gasteiger partial charge in [0.1, 0.15) is 5.82 Å². The summed E-state index contributed by atoms with van der Waals surface area (Å²) in [7, 11) is 0. The molecule has 1 aromatic carbocycles. The molecule has 1 heterocycles. The highest BCUT2D eigenvalue weighted by molar-refractivity contribution is 6.06. The van der Waals surface area contributed by atoms with Crippen LogP contribution in [0, 0.1) is 12.7 Å². The van der Waals surface area contributed by atoms with Gasteiger partial charge in [-0.2, -0.15) is 0 Å². The summed E-state index contributed by atoms with van der Waals surface area (Å²) in [5.74, 6) is -0.571. The van der Waals surface area contributed by atoms with Gasteiger partial charge in [-0.15, -0.1) is 0 Å². The molecule has 0 saturated carbocycles. The average Bonchev–Trinajstić information content (AvgIpc) is 2.27. The maximum atomic E-state index is 13.3. The molecule has 1 N–H and O–H groups in total. The van der Waals surface area contributed by atoms with Crippen LogP contribution in [0.1, 0.15) is 29.9 Å². The molecule has 0 aliphatic rings. The lowest BCUT2D eigenvalue weighted by Gasteiger charge is -2.11. The molecule has 1 aromatic heterocycles. The number of aryl methyl sites for hydroxylation is 1. The van der Waals surface area contributed by atoms with Gasteiger partial charge in [0, 0.05) is 17.1 Å². The molecule has 3 nitrogen and oxygen atoms in total. The van der Waals surface area contributed by atoms with Gasteiger partial charge in [-0.05, 0) is 45.0 Å². The van der Waals surface area contributed by atoms with E-state index in [9.17, 15) is 9.18 Å². The van der Waals surface area contributed by atoms with Gasteiger partial charge in [0.2, 0.25) is 0 Å². The summed E-state index contributed by atoms with van der Waals surface area (Å²) >= 11 is 0. The third-order valence-electron chi connectivity index (χ3n) is 2.56. The lowest BCUT2D eigenvalue weighted by Crippen LogP contribution is -2.30. The number of nitrogens with zero attached hydrogens (tertiary/aromatic N) is 1. The predicted molar refractivity (Wildman–Crippen MR) is 69.0 cm³/mol. The van der Waals surface area contributed by atoms with Crippen LogP contribution in [-0.2, 0) is 0 Å². The topological polar surface area (TPSA) is 42.0 Å². The number of fused-ring (bicyclic) bond motifs is 1. The first-order valence-corrected chi connectivity index (χ1v) is 5.85. The molecule has 2 rings (SSSR count). The van der Waals surface area contributed by atoms with Gasteiger partial charge in [-0.3, -0.25) is 9.78 Å². The van der Waals surface area contributed by atoms with Gasteiger partial charge in [-0.1, -0.05) is 0 Å². The number of rotatable bonds is 2. The van der Waals surface area contributed by atoms with E-state index in [1.807, 2.05) is 20.8 Å². The van der Waals surface area contributed by atoms with Crippen molar-refractivity contribution in [2.45, 2.75) is 26.8 Å². The maximum absolute atomic E-state index is 13.3. The van der Waals surface area contributed by atoms with Crippen LogP contribution < -0.4 is 5.32 Å². The Balaban J connectivity index is 2.61. The van der Waals surface area contributed by atoms with Crippen molar-refractivity contribution in [3.8, 4) is 0 Å². The lowest BCUT2D eigenvalue weighted by atomic mass is 10.1. The molecule has 1 amide bonds. The van der Waals surface area contributed by atoms with Crippen LogP contribution in [0.2, 0.25) is 0 Å². The van der Waals surface area contributed by atoms with Crippen molar-refractivity contribution < 1.29 is 9.18 Å². The first-order valence-electron chi connectivity index (χ1n) is 5.85. The summed E-state index contributed by atoms with van der Waals surface area (Å²) < 4.78 is 13.3. The molecule has 0 fully saturated rings. The number of hydrogen-bond acceptors (Lipinski definition) is 2. The minimum absolute atomic E-state index is 0.0366. The second-order valence-corrected chi connectivity index (χ2v) is 4.60. The minimum atomic E-state index is -0.369. The van der Waals surface area contributed by atoms with E-state index in [-0.39, 0.29) is 17.8 Å². The van der Waals surface area contributed by atoms with E-state index >= 15 is 0 Å². The van der Waals surface area contributed by atoms with Crippen molar-refractivity contribution in [2.24, 2.45) is 0 Å². The molecule has 2 aromatic rings. The molecule has 0 bridgehead atoms. The van der Waals surface area contributed by atoms with Crippen molar-refractivity contribution in [2.75, 3.05) is 0 Å². The zero-order valence-electron chi connectivity index (χ0n) is 10.6. The number of amides is 1. The highest BCUT2D eigenvalue weighted by Gasteiger charge is 2.13. The standard InChI is InChI=1S/C14H15FN2O/c1-8(2)16-14(18)12-6-9(3)17-13-5-4-10(15)7-11(12)13/h4-8H,1-3H3,(H,16,18). The number of aromatic nitrogens is 1. The Labute approximate surface area is 105 Å². The van der Waals surface area contributed by atoms with Crippen LogP contribution in [-0.4, -0.2) is 16.9 Å². The van der Waals surface area contributed by atoms with Gasteiger partial charge in [0.05, 0.1) is 11.1 Å². The molecule has 0 saturated heterocycles. The first-order chi connectivity index (χ1) is 8.47. The Kier molecular flexibility index (Phi) is 3.28. The first kappa shape index (κ1) is 12.5. The van der Waals surface area contributed by atoms with Crippen molar-refractivity contribution in [1.82, 2.24) is 10.3 Å². The minimum Gasteiger partial charge on any atom is -0.350 e. The summed E-state index contributed by atoms with van der Waals surface area (Å²) in [6, 6.07) is 5.99. The number of nitrogens with one attached hydrogen (secondary N) is 1. The molecule has 18 heavy (non-hydrogen) atoms. The molecule has 94 valence electrons. The largest absolute Gasteiger partial charge is 0.350 e. The van der Waals surface area contributed by atoms with E-state index in [2.05, 4.69) is 10.3 Å². The third-order valence-corrected chi connectivity index (χ3v) is 2.56. The Bertz CT molecular complexity index is 608. The van der Waals surface area contributed by atoms with Gasteiger partial charge in [0.15, 0.2) is 0 Å². The quantitative estimate of drug-likeness (QED) is 0.885. The summed E-state index contributed by atoms with van der Waals surface area (Å²) in [6.45, 7) is 5.58. The molecular formula is C14H15FN2O. The third kappa shape index (κ3) is 2.47. The predicted octanol–water partition coefficient (Wildman–Crippen LogP) is 2.82. The van der Waals surface area contributed by atoms with Gasteiger partial charge in [0.25, 0.3) is 5.91 Å². The Morgan fingerprint density at radius 1 is 1.33 bits per heavy atom. The van der Waals surface area contributed by atoms with Gasteiger partial charge < -0.3 is 5.32 Å². The Morgan fingerprint density at radius 3 is 2.72 bits per heavy atom. The van der Waals surface area contributed by atoms with E-state index in [0.717, 1.165) is 5.69 Å². The lowest BCUT2D eigenvalue weighted by molar-refractivity contribution is 0.0944. The SMILES string of the molecule is Cc1cc(C(=O)NC(C)C)c2cc(F)ccc2n1. The van der Waals surface area contributed by atoms with E-state index in [1.54, 1.807) is 12.1 Å². The summed E-state index contributed by atoms with van der Waals surface area (Å²) in [5, 5.41) is 3.35. The highest BCUT2D eigenvalue weighted by Crippen LogP contribution is 2.19. The number of hydrogen-bond donors (Lipinski definition) is 1. The van der Waals surface area contributed by atoms with Crippen LogP contribution in [0.5, 0.6) is 0 Å². The Morgan fingerprint density at radius 2 is 2.06 bits per heavy atom. The van der Waals surface area contributed by atoms with E-state index in [1.165, 1.54) is 12.1 Å². The van der Waals surface area contributed by atoms with Crippen molar-refractivity contribution in [3.63, 3.8) is 0 Å². The number of carbonyl (C=O) groups excluding carboxylic acids is 1.